The summed E-state index contributed by atoms with van der Waals surface area (Å²) >= 11 is 1.26. The fourth-order valence-electron chi connectivity index (χ4n) is 1.56. The summed E-state index contributed by atoms with van der Waals surface area (Å²) in [4.78, 5) is 23.8. The number of carbonyl (C=O) groups is 2. The number of esters is 1. The van der Waals surface area contributed by atoms with E-state index in [0.717, 1.165) is 19.3 Å². The van der Waals surface area contributed by atoms with Crippen molar-refractivity contribution in [2.24, 2.45) is 5.92 Å². The average molecular weight is 269 g/mol. The van der Waals surface area contributed by atoms with Gasteiger partial charge in [-0.15, -0.1) is 11.3 Å². The summed E-state index contributed by atoms with van der Waals surface area (Å²) in [5, 5.41) is 4.55. The summed E-state index contributed by atoms with van der Waals surface area (Å²) < 4.78 is 4.66. The Labute approximate surface area is 111 Å². The number of amides is 1. The molecular weight excluding hydrogens is 250 g/mol. The number of hydrogen-bond donors (Lipinski definition) is 1. The molecule has 0 radical (unpaired) electrons. The van der Waals surface area contributed by atoms with Crippen molar-refractivity contribution < 1.29 is 14.3 Å². The van der Waals surface area contributed by atoms with Crippen molar-refractivity contribution in [2.45, 2.75) is 33.1 Å². The Morgan fingerprint density at radius 1 is 1.50 bits per heavy atom. The molecule has 1 rings (SSSR count). The molecule has 0 saturated carbocycles. The molecular formula is C13H19NO3S. The third-order valence-corrected chi connectivity index (χ3v) is 3.63. The van der Waals surface area contributed by atoms with Gasteiger partial charge in [-0.2, -0.15) is 0 Å². The van der Waals surface area contributed by atoms with Crippen LogP contribution in [-0.2, 0) is 9.53 Å². The zero-order valence-corrected chi connectivity index (χ0v) is 11.8. The van der Waals surface area contributed by atoms with Gasteiger partial charge in [0.1, 0.15) is 4.88 Å². The number of methoxy groups -OCH3 is 1. The minimum absolute atomic E-state index is 0.0460. The molecule has 1 atom stereocenters. The van der Waals surface area contributed by atoms with Crippen LogP contribution in [0.2, 0.25) is 0 Å². The lowest BCUT2D eigenvalue weighted by molar-refractivity contribution is -0.119. The van der Waals surface area contributed by atoms with E-state index in [0.29, 0.717) is 10.6 Å². The minimum atomic E-state index is -0.415. The molecule has 1 amide bonds. The second kappa shape index (κ2) is 7.16. The van der Waals surface area contributed by atoms with Crippen LogP contribution >= 0.6 is 11.3 Å². The van der Waals surface area contributed by atoms with E-state index < -0.39 is 5.97 Å². The second-order valence-electron chi connectivity index (χ2n) is 4.19. The van der Waals surface area contributed by atoms with Crippen molar-refractivity contribution in [3.05, 3.63) is 16.3 Å². The van der Waals surface area contributed by atoms with Gasteiger partial charge in [0.15, 0.2) is 0 Å². The monoisotopic (exact) mass is 269 g/mol. The van der Waals surface area contributed by atoms with Gasteiger partial charge in [-0.25, -0.2) is 4.79 Å². The number of rotatable bonds is 6. The molecule has 0 aromatic carbocycles. The van der Waals surface area contributed by atoms with E-state index in [1.807, 2.05) is 6.92 Å². The lowest BCUT2D eigenvalue weighted by Gasteiger charge is -2.11. The molecule has 18 heavy (non-hydrogen) atoms. The second-order valence-corrected chi connectivity index (χ2v) is 5.10. The lowest BCUT2D eigenvalue weighted by atomic mass is 10.0. The maximum absolute atomic E-state index is 11.9. The van der Waals surface area contributed by atoms with Crippen molar-refractivity contribution in [1.82, 2.24) is 0 Å². The van der Waals surface area contributed by atoms with Crippen LogP contribution in [0.4, 0.5) is 5.69 Å². The van der Waals surface area contributed by atoms with E-state index >= 15 is 0 Å². The Bertz CT molecular complexity index is 414. The fourth-order valence-corrected chi connectivity index (χ4v) is 2.32. The van der Waals surface area contributed by atoms with E-state index in [-0.39, 0.29) is 11.8 Å². The van der Waals surface area contributed by atoms with Crippen molar-refractivity contribution in [1.29, 1.82) is 0 Å². The molecule has 100 valence electrons. The number of anilines is 1. The van der Waals surface area contributed by atoms with Crippen LogP contribution in [0.15, 0.2) is 11.4 Å². The van der Waals surface area contributed by atoms with Gasteiger partial charge in [-0.3, -0.25) is 4.79 Å². The van der Waals surface area contributed by atoms with Gasteiger partial charge >= 0.3 is 5.97 Å². The highest BCUT2D eigenvalue weighted by Crippen LogP contribution is 2.24. The van der Waals surface area contributed by atoms with E-state index in [9.17, 15) is 9.59 Å². The first-order chi connectivity index (χ1) is 8.60. The molecule has 1 aromatic heterocycles. The highest BCUT2D eigenvalue weighted by atomic mass is 32.1. The van der Waals surface area contributed by atoms with Crippen molar-refractivity contribution in [3.63, 3.8) is 0 Å². The van der Waals surface area contributed by atoms with Gasteiger partial charge in [-0.1, -0.05) is 26.7 Å². The first-order valence-corrected chi connectivity index (χ1v) is 6.94. The molecule has 5 heteroatoms. The molecule has 0 fully saturated rings. The van der Waals surface area contributed by atoms with E-state index in [2.05, 4.69) is 17.0 Å². The largest absolute Gasteiger partial charge is 0.465 e. The highest BCUT2D eigenvalue weighted by Gasteiger charge is 2.18. The summed E-state index contributed by atoms with van der Waals surface area (Å²) in [6.45, 7) is 3.99. The zero-order valence-electron chi connectivity index (χ0n) is 11.0. The molecule has 1 aromatic rings. The Morgan fingerprint density at radius 3 is 2.83 bits per heavy atom. The van der Waals surface area contributed by atoms with Gasteiger partial charge in [0, 0.05) is 5.92 Å². The third-order valence-electron chi connectivity index (χ3n) is 2.73. The zero-order chi connectivity index (χ0) is 13.5. The van der Waals surface area contributed by atoms with Crippen molar-refractivity contribution >= 4 is 28.9 Å². The Balaban J connectivity index is 2.64. The first kappa shape index (κ1) is 14.7. The SMILES string of the molecule is CCCCC(C)C(=O)Nc1ccsc1C(=O)OC. The van der Waals surface area contributed by atoms with Crippen LogP contribution < -0.4 is 5.32 Å². The predicted octanol–water partition coefficient (Wildman–Crippen LogP) is 3.30. The maximum atomic E-state index is 11.9. The molecule has 1 N–H and O–H groups in total. The maximum Gasteiger partial charge on any atom is 0.350 e. The van der Waals surface area contributed by atoms with Crippen LogP contribution in [0.25, 0.3) is 0 Å². The highest BCUT2D eigenvalue weighted by molar-refractivity contribution is 7.12. The van der Waals surface area contributed by atoms with Crippen LogP contribution in [0.1, 0.15) is 42.8 Å². The predicted molar refractivity (Wildman–Crippen MR) is 73.0 cm³/mol. The molecule has 0 aliphatic heterocycles. The molecule has 0 aliphatic carbocycles. The van der Waals surface area contributed by atoms with Crippen molar-refractivity contribution in [2.75, 3.05) is 12.4 Å². The number of carbonyl (C=O) groups excluding carboxylic acids is 2. The summed E-state index contributed by atoms with van der Waals surface area (Å²) in [6, 6.07) is 1.72. The average Bonchev–Trinajstić information content (AvgIpc) is 2.82. The number of nitrogens with one attached hydrogen (secondary N) is 1. The standard InChI is InChI=1S/C13H19NO3S/c1-4-5-6-9(2)12(15)14-10-7-8-18-11(10)13(16)17-3/h7-9H,4-6H2,1-3H3,(H,14,15). The summed E-state index contributed by atoms with van der Waals surface area (Å²) in [5.74, 6) is -0.510. The number of hydrogen-bond acceptors (Lipinski definition) is 4. The van der Waals surface area contributed by atoms with Crippen LogP contribution in [0.5, 0.6) is 0 Å². The molecule has 0 spiro atoms. The molecule has 1 heterocycles. The fraction of sp³-hybridized carbons (Fsp3) is 0.538. The van der Waals surface area contributed by atoms with E-state index in [4.69, 9.17) is 0 Å². The molecule has 0 saturated heterocycles. The van der Waals surface area contributed by atoms with Gasteiger partial charge in [0.05, 0.1) is 12.8 Å². The number of ether oxygens (including phenoxy) is 1. The topological polar surface area (TPSA) is 55.4 Å². The summed E-state index contributed by atoms with van der Waals surface area (Å²) in [5.41, 5.74) is 0.542. The lowest BCUT2D eigenvalue weighted by Crippen LogP contribution is -2.21. The Hall–Kier alpha value is -1.36. The van der Waals surface area contributed by atoms with Crippen molar-refractivity contribution in [3.8, 4) is 0 Å². The molecule has 4 nitrogen and oxygen atoms in total. The Kier molecular flexibility index (Phi) is 5.85. The molecule has 1 unspecified atom stereocenters. The number of thiophene rings is 1. The Morgan fingerprint density at radius 2 is 2.22 bits per heavy atom. The molecule has 0 bridgehead atoms. The quantitative estimate of drug-likeness (QED) is 0.806. The summed E-state index contributed by atoms with van der Waals surface area (Å²) in [6.07, 6.45) is 2.96. The third kappa shape index (κ3) is 3.84. The first-order valence-electron chi connectivity index (χ1n) is 6.06. The van der Waals surface area contributed by atoms with E-state index in [1.165, 1.54) is 18.4 Å². The minimum Gasteiger partial charge on any atom is -0.465 e. The van der Waals surface area contributed by atoms with Gasteiger partial charge < -0.3 is 10.1 Å². The molecule has 0 aliphatic rings. The van der Waals surface area contributed by atoms with Gasteiger partial charge in [-0.05, 0) is 17.9 Å². The van der Waals surface area contributed by atoms with Crippen LogP contribution in [-0.4, -0.2) is 19.0 Å². The number of unbranched alkanes of at least 4 members (excludes halogenated alkanes) is 1. The van der Waals surface area contributed by atoms with Crippen LogP contribution in [0, 0.1) is 5.92 Å². The summed E-state index contributed by atoms with van der Waals surface area (Å²) in [7, 11) is 1.33. The smallest absolute Gasteiger partial charge is 0.350 e. The normalized spacial score (nSPS) is 11.9. The van der Waals surface area contributed by atoms with Crippen LogP contribution in [0.3, 0.4) is 0 Å². The van der Waals surface area contributed by atoms with Gasteiger partial charge in [0.25, 0.3) is 0 Å². The van der Waals surface area contributed by atoms with Gasteiger partial charge in [0.2, 0.25) is 5.91 Å². The van der Waals surface area contributed by atoms with E-state index in [1.54, 1.807) is 11.4 Å².